The zero-order valence-corrected chi connectivity index (χ0v) is 13.6. The molecule has 0 saturated carbocycles. The van der Waals surface area contributed by atoms with Gasteiger partial charge >= 0.3 is 17.8 Å². The average Bonchev–Trinajstić information content (AvgIpc) is 2.78. The normalized spacial score (nSPS) is 25.4. The molecule has 0 bridgehead atoms. The first-order valence-corrected chi connectivity index (χ1v) is 7.61. The molecule has 1 aromatic rings. The summed E-state index contributed by atoms with van der Waals surface area (Å²) in [6.45, 7) is 1.19. The number of hydrogen-bond donors (Lipinski definition) is 2. The van der Waals surface area contributed by atoms with Crippen LogP contribution in [-0.4, -0.2) is 30.6 Å². The summed E-state index contributed by atoms with van der Waals surface area (Å²) >= 11 is 0. The van der Waals surface area contributed by atoms with E-state index in [0.717, 1.165) is 11.0 Å². The number of methoxy groups -OCH3 is 1. The minimum absolute atomic E-state index is 0.00630. The van der Waals surface area contributed by atoms with Gasteiger partial charge < -0.3 is 20.1 Å². The standard InChI is InChI=1S/C17H17F3N2O3/c1-10(23)12-4-3-5-13-14(12)17(19,20)15(24)22(13)9-11-6-7-16(18,25-2)21-8-11/h3-8,10,21,23H,9H2,1-2H3/t10-,16?/m0/s1. The van der Waals surface area contributed by atoms with E-state index in [9.17, 15) is 23.1 Å². The second-order valence-corrected chi connectivity index (χ2v) is 5.93. The Labute approximate surface area is 142 Å². The number of aliphatic hydroxyl groups is 1. The highest BCUT2D eigenvalue weighted by molar-refractivity contribution is 6.06. The van der Waals surface area contributed by atoms with E-state index in [4.69, 9.17) is 0 Å². The maximum absolute atomic E-state index is 14.5. The molecule has 2 heterocycles. The van der Waals surface area contributed by atoms with E-state index in [1.807, 2.05) is 0 Å². The summed E-state index contributed by atoms with van der Waals surface area (Å²) in [7, 11) is 1.18. The van der Waals surface area contributed by atoms with Crippen molar-refractivity contribution in [2.45, 2.75) is 24.9 Å². The first-order chi connectivity index (χ1) is 11.7. The summed E-state index contributed by atoms with van der Waals surface area (Å²) in [5.74, 6) is -7.28. The molecule has 0 aromatic heterocycles. The van der Waals surface area contributed by atoms with E-state index in [-0.39, 0.29) is 17.8 Å². The Morgan fingerprint density at radius 1 is 1.36 bits per heavy atom. The van der Waals surface area contributed by atoms with E-state index < -0.39 is 29.5 Å². The van der Waals surface area contributed by atoms with Crippen LogP contribution in [0, 0.1) is 0 Å². The fourth-order valence-corrected chi connectivity index (χ4v) is 2.92. The Morgan fingerprint density at radius 2 is 2.08 bits per heavy atom. The van der Waals surface area contributed by atoms with E-state index in [1.165, 1.54) is 44.5 Å². The van der Waals surface area contributed by atoms with Crippen molar-refractivity contribution < 1.29 is 27.8 Å². The number of hydrogen-bond acceptors (Lipinski definition) is 4. The van der Waals surface area contributed by atoms with Crippen molar-refractivity contribution in [3.05, 3.63) is 53.3 Å². The molecule has 0 spiro atoms. The number of rotatable bonds is 4. The molecule has 2 N–H and O–H groups in total. The molecule has 0 fully saturated rings. The van der Waals surface area contributed by atoms with Gasteiger partial charge in [-0.1, -0.05) is 18.2 Å². The van der Waals surface area contributed by atoms with Crippen molar-refractivity contribution in [2.24, 2.45) is 0 Å². The highest BCUT2D eigenvalue weighted by atomic mass is 19.3. The number of fused-ring (bicyclic) bond motifs is 1. The molecule has 2 atom stereocenters. The smallest absolute Gasteiger partial charge is 0.352 e. The fourth-order valence-electron chi connectivity index (χ4n) is 2.92. The number of ether oxygens (including phenoxy) is 1. The van der Waals surface area contributed by atoms with Gasteiger partial charge in [0.05, 0.1) is 23.9 Å². The molecule has 8 heteroatoms. The van der Waals surface area contributed by atoms with Crippen LogP contribution in [-0.2, 0) is 15.5 Å². The van der Waals surface area contributed by atoms with E-state index in [1.54, 1.807) is 0 Å². The monoisotopic (exact) mass is 354 g/mol. The Balaban J connectivity index is 1.95. The third kappa shape index (κ3) is 2.81. The first kappa shape index (κ1) is 17.5. The van der Waals surface area contributed by atoms with E-state index in [2.05, 4.69) is 10.1 Å². The third-order valence-electron chi connectivity index (χ3n) is 4.25. The van der Waals surface area contributed by atoms with Crippen LogP contribution in [0.2, 0.25) is 0 Å². The summed E-state index contributed by atoms with van der Waals surface area (Å²) < 4.78 is 47.5. The molecule has 2 aliphatic rings. The van der Waals surface area contributed by atoms with Crippen LogP contribution in [0.15, 0.2) is 42.1 Å². The number of nitrogens with zero attached hydrogens (tertiary/aromatic N) is 1. The number of carbonyl (C=O) groups is 1. The lowest BCUT2D eigenvalue weighted by atomic mass is 9.98. The molecule has 1 unspecified atom stereocenters. The zero-order chi connectivity index (χ0) is 18.4. The maximum Gasteiger partial charge on any atom is 0.352 e. The lowest BCUT2D eigenvalue weighted by Gasteiger charge is -2.25. The van der Waals surface area contributed by atoms with Crippen molar-refractivity contribution >= 4 is 11.6 Å². The summed E-state index contributed by atoms with van der Waals surface area (Å²) in [5, 5.41) is 12.1. The van der Waals surface area contributed by atoms with Gasteiger partial charge in [-0.3, -0.25) is 4.79 Å². The molecule has 0 saturated heterocycles. The average molecular weight is 354 g/mol. The number of carbonyl (C=O) groups excluding carboxylic acids is 1. The summed E-state index contributed by atoms with van der Waals surface area (Å²) in [6.07, 6.45) is 2.58. The van der Waals surface area contributed by atoms with Gasteiger partial charge in [0.15, 0.2) is 0 Å². The number of halogens is 3. The quantitative estimate of drug-likeness (QED) is 0.816. The predicted molar refractivity (Wildman–Crippen MR) is 84.5 cm³/mol. The number of alkyl halides is 3. The van der Waals surface area contributed by atoms with E-state index in [0.29, 0.717) is 5.57 Å². The Hall–Kier alpha value is -2.32. The summed E-state index contributed by atoms with van der Waals surface area (Å²) in [4.78, 5) is 13.2. The van der Waals surface area contributed by atoms with Crippen molar-refractivity contribution in [2.75, 3.05) is 18.6 Å². The molecule has 5 nitrogen and oxygen atoms in total. The molecule has 1 aromatic carbocycles. The number of benzene rings is 1. The fraction of sp³-hybridized carbons (Fsp3) is 0.353. The Morgan fingerprint density at radius 3 is 2.64 bits per heavy atom. The van der Waals surface area contributed by atoms with Gasteiger partial charge in [-0.25, -0.2) is 0 Å². The lowest BCUT2D eigenvalue weighted by Crippen LogP contribution is -2.41. The minimum atomic E-state index is -3.73. The van der Waals surface area contributed by atoms with Crippen LogP contribution >= 0.6 is 0 Å². The second-order valence-electron chi connectivity index (χ2n) is 5.93. The van der Waals surface area contributed by atoms with Crippen molar-refractivity contribution in [3.8, 4) is 0 Å². The maximum atomic E-state index is 14.5. The molecule has 2 aliphatic heterocycles. The predicted octanol–water partition coefficient (Wildman–Crippen LogP) is 2.49. The number of dihydropyridines is 1. The topological polar surface area (TPSA) is 61.8 Å². The number of aliphatic hydroxyl groups excluding tert-OH is 1. The van der Waals surface area contributed by atoms with Crippen molar-refractivity contribution in [3.63, 3.8) is 0 Å². The molecule has 0 aliphatic carbocycles. The van der Waals surface area contributed by atoms with Gasteiger partial charge in [-0.15, -0.1) is 0 Å². The number of amides is 1. The SMILES string of the molecule is COC1(F)C=CC(CN2C(=O)C(F)(F)c3c([C@H](C)O)cccc32)=CN1. The first-order valence-electron chi connectivity index (χ1n) is 7.61. The van der Waals surface area contributed by atoms with Crippen molar-refractivity contribution in [1.29, 1.82) is 0 Å². The van der Waals surface area contributed by atoms with Gasteiger partial charge in [0.1, 0.15) is 0 Å². The van der Waals surface area contributed by atoms with Gasteiger partial charge in [-0.05, 0) is 24.1 Å². The molecule has 134 valence electrons. The summed E-state index contributed by atoms with van der Waals surface area (Å²) in [5.41, 5.74) is -0.0248. The van der Waals surface area contributed by atoms with Crippen LogP contribution in [0.3, 0.4) is 0 Å². The van der Waals surface area contributed by atoms with Crippen LogP contribution in [0.25, 0.3) is 0 Å². The van der Waals surface area contributed by atoms with Gasteiger partial charge in [-0.2, -0.15) is 13.2 Å². The zero-order valence-electron chi connectivity index (χ0n) is 13.6. The third-order valence-corrected chi connectivity index (χ3v) is 4.25. The summed E-state index contributed by atoms with van der Waals surface area (Å²) in [6, 6.07) is 4.27. The molecule has 25 heavy (non-hydrogen) atoms. The van der Waals surface area contributed by atoms with Crippen LogP contribution in [0.1, 0.15) is 24.2 Å². The molecular weight excluding hydrogens is 337 g/mol. The largest absolute Gasteiger partial charge is 0.389 e. The highest BCUT2D eigenvalue weighted by Crippen LogP contribution is 2.47. The molecule has 1 amide bonds. The number of nitrogens with one attached hydrogen (secondary N) is 1. The van der Waals surface area contributed by atoms with Crippen LogP contribution in [0.5, 0.6) is 0 Å². The van der Waals surface area contributed by atoms with Gasteiger partial charge in [0, 0.05) is 19.4 Å². The van der Waals surface area contributed by atoms with E-state index >= 15 is 0 Å². The molecular formula is C17H17F3N2O3. The molecule has 3 rings (SSSR count). The van der Waals surface area contributed by atoms with Crippen molar-refractivity contribution in [1.82, 2.24) is 5.32 Å². The van der Waals surface area contributed by atoms with Crippen LogP contribution < -0.4 is 10.2 Å². The molecule has 0 radical (unpaired) electrons. The second kappa shape index (κ2) is 5.89. The van der Waals surface area contributed by atoms with Crippen LogP contribution in [0.4, 0.5) is 18.9 Å². The Bertz CT molecular complexity index is 776. The van der Waals surface area contributed by atoms with Gasteiger partial charge in [0.25, 0.3) is 0 Å². The lowest BCUT2D eigenvalue weighted by molar-refractivity contribution is -0.141. The highest BCUT2D eigenvalue weighted by Gasteiger charge is 2.54. The minimum Gasteiger partial charge on any atom is -0.389 e. The number of anilines is 1. The van der Waals surface area contributed by atoms with Gasteiger partial charge in [0.2, 0.25) is 0 Å². The Kier molecular flexibility index (Phi) is 4.12.